The topological polar surface area (TPSA) is 113 Å². The summed E-state index contributed by atoms with van der Waals surface area (Å²) in [6.07, 6.45) is -3.89. The molecule has 0 saturated carbocycles. The SMILES string of the molecule is CO[C@@H]1[C@H](OCC(C)O)[C@H](OCCC(=O)O)O[C@H](COCC(C)C)[C@H]1OC. The highest BCUT2D eigenvalue weighted by Crippen LogP contribution is 2.29. The fourth-order valence-corrected chi connectivity index (χ4v) is 2.81. The van der Waals surface area contributed by atoms with Gasteiger partial charge in [-0.1, -0.05) is 13.8 Å². The number of carboxylic acids is 1. The van der Waals surface area contributed by atoms with Gasteiger partial charge in [-0.2, -0.15) is 0 Å². The summed E-state index contributed by atoms with van der Waals surface area (Å²) in [5.41, 5.74) is 0. The summed E-state index contributed by atoms with van der Waals surface area (Å²) in [4.78, 5) is 10.8. The van der Waals surface area contributed by atoms with Crippen LogP contribution in [0.2, 0.25) is 0 Å². The molecule has 0 aromatic heterocycles. The lowest BCUT2D eigenvalue weighted by molar-refractivity contribution is -0.319. The summed E-state index contributed by atoms with van der Waals surface area (Å²) in [6.45, 7) is 6.55. The van der Waals surface area contributed by atoms with Crippen LogP contribution >= 0.6 is 0 Å². The van der Waals surface area contributed by atoms with Gasteiger partial charge in [-0.3, -0.25) is 4.79 Å². The maximum atomic E-state index is 10.8. The van der Waals surface area contributed by atoms with Crippen LogP contribution in [0, 0.1) is 5.92 Å². The minimum Gasteiger partial charge on any atom is -0.481 e. The predicted molar refractivity (Wildman–Crippen MR) is 95.5 cm³/mol. The number of rotatable bonds is 13. The highest BCUT2D eigenvalue weighted by atomic mass is 16.7. The van der Waals surface area contributed by atoms with E-state index in [2.05, 4.69) is 0 Å². The molecule has 1 saturated heterocycles. The molecule has 160 valence electrons. The smallest absolute Gasteiger partial charge is 0.305 e. The van der Waals surface area contributed by atoms with Gasteiger partial charge in [0.2, 0.25) is 0 Å². The van der Waals surface area contributed by atoms with E-state index < -0.39 is 42.8 Å². The molecule has 1 aliphatic heterocycles. The van der Waals surface area contributed by atoms with Gasteiger partial charge in [-0.15, -0.1) is 0 Å². The van der Waals surface area contributed by atoms with Crippen molar-refractivity contribution in [3.8, 4) is 0 Å². The van der Waals surface area contributed by atoms with Crippen LogP contribution in [0.1, 0.15) is 27.2 Å². The molecule has 27 heavy (non-hydrogen) atoms. The molecular formula is C18H34O9. The number of aliphatic carboxylic acids is 1. The van der Waals surface area contributed by atoms with E-state index in [-0.39, 0.29) is 26.2 Å². The van der Waals surface area contributed by atoms with Gasteiger partial charge in [0.05, 0.1) is 32.3 Å². The highest BCUT2D eigenvalue weighted by Gasteiger charge is 2.48. The van der Waals surface area contributed by atoms with Crippen LogP contribution in [-0.4, -0.2) is 93.6 Å². The maximum Gasteiger partial charge on any atom is 0.305 e. The molecule has 1 unspecified atom stereocenters. The van der Waals surface area contributed by atoms with Crippen molar-refractivity contribution in [3.63, 3.8) is 0 Å². The van der Waals surface area contributed by atoms with Crippen molar-refractivity contribution in [2.24, 2.45) is 5.92 Å². The van der Waals surface area contributed by atoms with Gasteiger partial charge in [0.25, 0.3) is 0 Å². The Bertz CT molecular complexity index is 416. The largest absolute Gasteiger partial charge is 0.481 e. The third-order valence-electron chi connectivity index (χ3n) is 4.00. The predicted octanol–water partition coefficient (Wildman–Crippen LogP) is 0.671. The van der Waals surface area contributed by atoms with E-state index in [4.69, 9.17) is 33.5 Å². The Hall–Kier alpha value is -0.810. The zero-order valence-corrected chi connectivity index (χ0v) is 16.8. The quantitative estimate of drug-likeness (QED) is 0.465. The van der Waals surface area contributed by atoms with Gasteiger partial charge in [-0.25, -0.2) is 0 Å². The average Bonchev–Trinajstić information content (AvgIpc) is 2.59. The summed E-state index contributed by atoms with van der Waals surface area (Å²) in [6, 6.07) is 0. The van der Waals surface area contributed by atoms with Crippen LogP contribution < -0.4 is 0 Å². The van der Waals surface area contributed by atoms with Gasteiger partial charge in [0.1, 0.15) is 24.4 Å². The molecule has 0 aromatic carbocycles. The van der Waals surface area contributed by atoms with Crippen LogP contribution in [0.3, 0.4) is 0 Å². The Morgan fingerprint density at radius 3 is 2.22 bits per heavy atom. The van der Waals surface area contributed by atoms with Gasteiger partial charge in [0, 0.05) is 20.8 Å². The van der Waals surface area contributed by atoms with Crippen LogP contribution in [0.5, 0.6) is 0 Å². The number of carbonyl (C=O) groups is 1. The third kappa shape index (κ3) is 8.39. The lowest BCUT2D eigenvalue weighted by atomic mass is 9.98. The van der Waals surface area contributed by atoms with Crippen molar-refractivity contribution in [2.75, 3.05) is 40.6 Å². The second-order valence-electron chi connectivity index (χ2n) is 7.04. The van der Waals surface area contributed by atoms with E-state index in [0.717, 1.165) is 0 Å². The summed E-state index contributed by atoms with van der Waals surface area (Å²) in [5, 5.41) is 18.4. The van der Waals surface area contributed by atoms with Crippen LogP contribution in [-0.2, 0) is 33.2 Å². The van der Waals surface area contributed by atoms with Crippen LogP contribution in [0.4, 0.5) is 0 Å². The fraction of sp³-hybridized carbons (Fsp3) is 0.944. The first-order valence-corrected chi connectivity index (χ1v) is 9.22. The molecule has 0 aromatic rings. The highest BCUT2D eigenvalue weighted by molar-refractivity contribution is 5.66. The van der Waals surface area contributed by atoms with Crippen molar-refractivity contribution in [2.45, 2.75) is 64.0 Å². The van der Waals surface area contributed by atoms with Crippen molar-refractivity contribution >= 4 is 5.97 Å². The average molecular weight is 394 g/mol. The van der Waals surface area contributed by atoms with Crippen molar-refractivity contribution in [1.82, 2.24) is 0 Å². The molecule has 0 aliphatic carbocycles. The molecule has 6 atom stereocenters. The van der Waals surface area contributed by atoms with Crippen LogP contribution in [0.25, 0.3) is 0 Å². The number of hydrogen-bond donors (Lipinski definition) is 2. The van der Waals surface area contributed by atoms with Crippen molar-refractivity contribution in [1.29, 1.82) is 0 Å². The Morgan fingerprint density at radius 2 is 1.70 bits per heavy atom. The molecular weight excluding hydrogens is 360 g/mol. The van der Waals surface area contributed by atoms with E-state index in [1.165, 1.54) is 7.11 Å². The van der Waals surface area contributed by atoms with Gasteiger partial charge in [-0.05, 0) is 12.8 Å². The van der Waals surface area contributed by atoms with Gasteiger partial charge >= 0.3 is 5.97 Å². The van der Waals surface area contributed by atoms with E-state index >= 15 is 0 Å². The van der Waals surface area contributed by atoms with Crippen molar-refractivity contribution < 1.29 is 43.4 Å². The monoisotopic (exact) mass is 394 g/mol. The van der Waals surface area contributed by atoms with E-state index in [9.17, 15) is 9.90 Å². The molecule has 2 N–H and O–H groups in total. The summed E-state index contributed by atoms with van der Waals surface area (Å²) < 4.78 is 34.2. The lowest BCUT2D eigenvalue weighted by Crippen LogP contribution is -2.61. The zero-order chi connectivity index (χ0) is 20.4. The molecule has 0 spiro atoms. The Labute approximate surface area is 160 Å². The van der Waals surface area contributed by atoms with E-state index in [1.807, 2.05) is 13.8 Å². The molecule has 1 heterocycles. The normalized spacial score (nSPS) is 29.8. The molecule has 0 radical (unpaired) electrons. The van der Waals surface area contributed by atoms with Crippen molar-refractivity contribution in [3.05, 3.63) is 0 Å². The Balaban J connectivity index is 2.87. The number of aliphatic hydroxyl groups excluding tert-OH is 1. The second kappa shape index (κ2) is 12.6. The minimum atomic E-state index is -0.970. The molecule has 1 rings (SSSR count). The molecule has 9 nitrogen and oxygen atoms in total. The minimum absolute atomic E-state index is 0.0395. The molecule has 1 aliphatic rings. The van der Waals surface area contributed by atoms with Gasteiger partial charge in [0.15, 0.2) is 6.29 Å². The summed E-state index contributed by atoms with van der Waals surface area (Å²) >= 11 is 0. The lowest BCUT2D eigenvalue weighted by Gasteiger charge is -2.45. The van der Waals surface area contributed by atoms with Crippen LogP contribution in [0.15, 0.2) is 0 Å². The first-order chi connectivity index (χ1) is 12.8. The fourth-order valence-electron chi connectivity index (χ4n) is 2.81. The third-order valence-corrected chi connectivity index (χ3v) is 4.00. The van der Waals surface area contributed by atoms with E-state index in [0.29, 0.717) is 12.5 Å². The van der Waals surface area contributed by atoms with E-state index in [1.54, 1.807) is 14.0 Å². The summed E-state index contributed by atoms with van der Waals surface area (Å²) in [7, 11) is 3.08. The van der Waals surface area contributed by atoms with Gasteiger partial charge < -0.3 is 38.6 Å². The molecule has 0 amide bonds. The first-order valence-electron chi connectivity index (χ1n) is 9.22. The molecule has 0 bridgehead atoms. The maximum absolute atomic E-state index is 10.8. The zero-order valence-electron chi connectivity index (χ0n) is 16.8. The number of methoxy groups -OCH3 is 2. The number of ether oxygens (including phenoxy) is 6. The Kier molecular flexibility index (Phi) is 11.3. The second-order valence-corrected chi connectivity index (χ2v) is 7.04. The summed E-state index contributed by atoms with van der Waals surface area (Å²) in [5.74, 6) is -0.598. The molecule has 1 fully saturated rings. The number of aliphatic hydroxyl groups is 1. The number of hydrogen-bond acceptors (Lipinski definition) is 8. The first kappa shape index (κ1) is 24.2. The standard InChI is InChI=1S/C18H34O9/c1-11(2)8-24-10-13-15(22-4)16(23-5)17(26-9-12(3)19)18(27-13)25-7-6-14(20)21/h11-13,15-19H,6-10H2,1-5H3,(H,20,21)/t12?,13-,15-,16+,17+,18-/m1/s1. The number of carboxylic acid groups (broad SMARTS) is 1. The Morgan fingerprint density at radius 1 is 1.04 bits per heavy atom. The molecule has 9 heteroatoms.